The number of halogens is 1. The molecule has 0 aliphatic carbocycles. The van der Waals surface area contributed by atoms with E-state index in [1.54, 1.807) is 45.0 Å². The summed E-state index contributed by atoms with van der Waals surface area (Å²) in [6.07, 6.45) is 1.12. The predicted octanol–water partition coefficient (Wildman–Crippen LogP) is 2.27. The summed E-state index contributed by atoms with van der Waals surface area (Å²) in [5.74, 6) is -0.123. The highest BCUT2D eigenvalue weighted by Crippen LogP contribution is 2.21. The summed E-state index contributed by atoms with van der Waals surface area (Å²) in [7, 11) is -3.44. The summed E-state index contributed by atoms with van der Waals surface area (Å²) in [5, 5.41) is 3.19. The lowest BCUT2D eigenvalue weighted by atomic mass is 9.96. The van der Waals surface area contributed by atoms with E-state index in [2.05, 4.69) is 5.32 Å². The fourth-order valence-corrected chi connectivity index (χ4v) is 2.76. The fraction of sp³-hybridized carbons (Fsp3) is 0.500. The minimum Gasteiger partial charge on any atom is -0.354 e. The van der Waals surface area contributed by atoms with Gasteiger partial charge in [0.05, 0.1) is 18.5 Å². The first-order valence-corrected chi connectivity index (χ1v) is 8.76. The first-order chi connectivity index (χ1) is 9.51. The van der Waals surface area contributed by atoms with E-state index in [1.807, 2.05) is 0 Å². The van der Waals surface area contributed by atoms with Crippen molar-refractivity contribution in [1.29, 1.82) is 0 Å². The van der Waals surface area contributed by atoms with Gasteiger partial charge in [0, 0.05) is 17.0 Å². The molecule has 0 saturated carbocycles. The van der Waals surface area contributed by atoms with E-state index < -0.39 is 15.4 Å². The molecule has 7 heteroatoms. The smallest absolute Gasteiger partial charge is 0.232 e. The van der Waals surface area contributed by atoms with Crippen LogP contribution in [0, 0.1) is 5.41 Å². The third-order valence-electron chi connectivity index (χ3n) is 2.78. The lowest BCUT2D eigenvalue weighted by Gasteiger charge is -2.24. The van der Waals surface area contributed by atoms with Gasteiger partial charge in [-0.25, -0.2) is 8.42 Å². The number of anilines is 1. The number of nitrogens with zero attached hydrogens (tertiary/aromatic N) is 1. The largest absolute Gasteiger partial charge is 0.354 e. The number of hydrogen-bond donors (Lipinski definition) is 1. The molecule has 0 bridgehead atoms. The molecule has 1 aromatic carbocycles. The number of amides is 1. The Morgan fingerprint density at radius 1 is 1.33 bits per heavy atom. The number of sulfonamides is 1. The van der Waals surface area contributed by atoms with E-state index in [-0.39, 0.29) is 19.0 Å². The monoisotopic (exact) mass is 332 g/mol. The van der Waals surface area contributed by atoms with E-state index in [0.29, 0.717) is 10.7 Å². The summed E-state index contributed by atoms with van der Waals surface area (Å²) >= 11 is 5.89. The minimum atomic E-state index is -3.44. The third-order valence-corrected chi connectivity index (χ3v) is 4.21. The molecule has 0 unspecified atom stereocenters. The second-order valence-electron chi connectivity index (χ2n) is 5.82. The number of benzene rings is 1. The van der Waals surface area contributed by atoms with Gasteiger partial charge in [-0.3, -0.25) is 9.10 Å². The summed E-state index contributed by atoms with van der Waals surface area (Å²) in [4.78, 5) is 11.8. The summed E-state index contributed by atoms with van der Waals surface area (Å²) in [6, 6.07) is 6.60. The number of carbonyl (C=O) groups excluding carboxylic acids is 1. The molecule has 0 atom stereocenters. The van der Waals surface area contributed by atoms with Gasteiger partial charge in [0.2, 0.25) is 15.9 Å². The molecule has 0 radical (unpaired) electrons. The topological polar surface area (TPSA) is 66.5 Å². The molecular weight excluding hydrogens is 312 g/mol. The molecule has 1 rings (SSSR count). The first kappa shape index (κ1) is 17.8. The Morgan fingerprint density at radius 3 is 2.43 bits per heavy atom. The van der Waals surface area contributed by atoms with Crippen LogP contribution in [0.5, 0.6) is 0 Å². The van der Waals surface area contributed by atoms with Crippen LogP contribution < -0.4 is 9.62 Å². The minimum absolute atomic E-state index is 0.123. The quantitative estimate of drug-likeness (QED) is 0.899. The molecule has 5 nitrogen and oxygen atoms in total. The Morgan fingerprint density at radius 2 is 1.95 bits per heavy atom. The van der Waals surface area contributed by atoms with Crippen molar-refractivity contribution in [2.24, 2.45) is 5.41 Å². The van der Waals surface area contributed by atoms with Gasteiger partial charge in [-0.15, -0.1) is 0 Å². The molecular formula is C14H21ClN2O3S. The van der Waals surface area contributed by atoms with Gasteiger partial charge in [0.25, 0.3) is 0 Å². The standard InChI is InChI=1S/C14H21ClN2O3S/c1-14(2,3)13(18)16-8-9-17(21(4,19)20)12-7-5-6-11(15)10-12/h5-7,10H,8-9H2,1-4H3,(H,16,18). The van der Waals surface area contributed by atoms with E-state index in [4.69, 9.17) is 11.6 Å². The van der Waals surface area contributed by atoms with E-state index in [9.17, 15) is 13.2 Å². The molecule has 0 aromatic heterocycles. The average Bonchev–Trinajstić information content (AvgIpc) is 2.31. The van der Waals surface area contributed by atoms with Crippen LogP contribution in [-0.2, 0) is 14.8 Å². The maximum Gasteiger partial charge on any atom is 0.232 e. The second kappa shape index (κ2) is 6.66. The lowest BCUT2D eigenvalue weighted by molar-refractivity contribution is -0.128. The Balaban J connectivity index is 2.81. The van der Waals surface area contributed by atoms with Crippen molar-refractivity contribution in [3.63, 3.8) is 0 Å². The van der Waals surface area contributed by atoms with E-state index in [1.165, 1.54) is 4.31 Å². The predicted molar refractivity (Wildman–Crippen MR) is 86.1 cm³/mol. The van der Waals surface area contributed by atoms with Gasteiger partial charge in [0.1, 0.15) is 0 Å². The van der Waals surface area contributed by atoms with Crippen LogP contribution in [0.15, 0.2) is 24.3 Å². The highest BCUT2D eigenvalue weighted by Gasteiger charge is 2.22. The Kier molecular flexibility index (Phi) is 5.64. The van der Waals surface area contributed by atoms with Crippen molar-refractivity contribution >= 4 is 33.2 Å². The zero-order chi connectivity index (χ0) is 16.3. The van der Waals surface area contributed by atoms with Crippen LogP contribution in [0.25, 0.3) is 0 Å². The Hall–Kier alpha value is -1.27. The van der Waals surface area contributed by atoms with Crippen molar-refractivity contribution in [2.75, 3.05) is 23.7 Å². The van der Waals surface area contributed by atoms with Crippen LogP contribution in [-0.4, -0.2) is 33.7 Å². The van der Waals surface area contributed by atoms with Gasteiger partial charge in [-0.05, 0) is 18.2 Å². The first-order valence-electron chi connectivity index (χ1n) is 6.53. The summed E-state index contributed by atoms with van der Waals surface area (Å²) in [5.41, 5.74) is -0.0265. The van der Waals surface area contributed by atoms with E-state index >= 15 is 0 Å². The van der Waals surface area contributed by atoms with Gasteiger partial charge < -0.3 is 5.32 Å². The van der Waals surface area contributed by atoms with Crippen LogP contribution in [0.1, 0.15) is 20.8 Å². The molecule has 0 aliphatic rings. The molecule has 0 heterocycles. The maximum atomic E-state index is 11.9. The SMILES string of the molecule is CC(C)(C)C(=O)NCCN(c1cccc(Cl)c1)S(C)(=O)=O. The molecule has 21 heavy (non-hydrogen) atoms. The molecule has 1 amide bonds. The zero-order valence-corrected chi connectivity index (χ0v) is 14.3. The maximum absolute atomic E-state index is 11.9. The second-order valence-corrected chi connectivity index (χ2v) is 8.16. The van der Waals surface area contributed by atoms with Gasteiger partial charge >= 0.3 is 0 Å². The number of carbonyl (C=O) groups is 1. The lowest BCUT2D eigenvalue weighted by Crippen LogP contribution is -2.41. The van der Waals surface area contributed by atoms with Crippen molar-refractivity contribution < 1.29 is 13.2 Å². The van der Waals surface area contributed by atoms with E-state index in [0.717, 1.165) is 6.26 Å². The summed E-state index contributed by atoms with van der Waals surface area (Å²) in [6.45, 7) is 5.78. The van der Waals surface area contributed by atoms with Crippen molar-refractivity contribution in [1.82, 2.24) is 5.32 Å². The van der Waals surface area contributed by atoms with Crippen LogP contribution >= 0.6 is 11.6 Å². The number of rotatable bonds is 5. The fourth-order valence-electron chi connectivity index (χ4n) is 1.65. The Labute approximate surface area is 131 Å². The Bertz CT molecular complexity index is 609. The molecule has 118 valence electrons. The van der Waals surface area contributed by atoms with Crippen LogP contribution in [0.4, 0.5) is 5.69 Å². The van der Waals surface area contributed by atoms with Crippen molar-refractivity contribution in [3.05, 3.63) is 29.3 Å². The normalized spacial score (nSPS) is 12.0. The van der Waals surface area contributed by atoms with Gasteiger partial charge in [0.15, 0.2) is 0 Å². The van der Waals surface area contributed by atoms with Crippen molar-refractivity contribution in [3.8, 4) is 0 Å². The molecule has 0 fully saturated rings. The number of hydrogen-bond acceptors (Lipinski definition) is 3. The molecule has 0 saturated heterocycles. The third kappa shape index (κ3) is 5.55. The van der Waals surface area contributed by atoms with Crippen molar-refractivity contribution in [2.45, 2.75) is 20.8 Å². The zero-order valence-electron chi connectivity index (χ0n) is 12.7. The average molecular weight is 333 g/mol. The highest BCUT2D eigenvalue weighted by molar-refractivity contribution is 7.92. The van der Waals surface area contributed by atoms with Crippen LogP contribution in [0.2, 0.25) is 5.02 Å². The van der Waals surface area contributed by atoms with Gasteiger partial charge in [-0.2, -0.15) is 0 Å². The number of nitrogens with one attached hydrogen (secondary N) is 1. The molecule has 1 aromatic rings. The van der Waals surface area contributed by atoms with Gasteiger partial charge in [-0.1, -0.05) is 38.4 Å². The summed E-state index contributed by atoms with van der Waals surface area (Å²) < 4.78 is 25.0. The van der Waals surface area contributed by atoms with Crippen LogP contribution in [0.3, 0.4) is 0 Å². The molecule has 1 N–H and O–H groups in total. The molecule has 0 aliphatic heterocycles. The highest BCUT2D eigenvalue weighted by atomic mass is 35.5. The molecule has 0 spiro atoms.